The van der Waals surface area contributed by atoms with Gasteiger partial charge < -0.3 is 20.5 Å². The zero-order chi connectivity index (χ0) is 26.1. The van der Waals surface area contributed by atoms with Gasteiger partial charge in [-0.25, -0.2) is 9.78 Å². The quantitative estimate of drug-likeness (QED) is 0.331. The number of carbonyl (C=O) groups excluding carboxylic acids is 1. The molecule has 0 saturated carbocycles. The van der Waals surface area contributed by atoms with Crippen LogP contribution in [0.4, 0.5) is 10.6 Å². The lowest BCUT2D eigenvalue weighted by Crippen LogP contribution is -2.34. The van der Waals surface area contributed by atoms with E-state index in [4.69, 9.17) is 15.2 Å². The number of hydrogen-bond donors (Lipinski definition) is 2. The molecule has 0 aliphatic heterocycles. The van der Waals surface area contributed by atoms with Crippen LogP contribution >= 0.6 is 11.8 Å². The highest BCUT2D eigenvalue weighted by Gasteiger charge is 2.21. The van der Waals surface area contributed by atoms with Gasteiger partial charge in [0, 0.05) is 23.7 Å². The zero-order valence-electron chi connectivity index (χ0n) is 20.2. The van der Waals surface area contributed by atoms with E-state index in [1.807, 2.05) is 12.1 Å². The first-order chi connectivity index (χ1) is 17.2. The van der Waals surface area contributed by atoms with Crippen LogP contribution < -0.4 is 15.8 Å². The summed E-state index contributed by atoms with van der Waals surface area (Å²) in [6.45, 7) is 5.88. The van der Waals surface area contributed by atoms with Gasteiger partial charge >= 0.3 is 6.09 Å². The monoisotopic (exact) mass is 502 g/mol. The number of carbonyl (C=O) groups is 1. The average molecular weight is 503 g/mol. The molecule has 0 atom stereocenters. The lowest BCUT2D eigenvalue weighted by molar-refractivity contribution is 0.0520. The summed E-state index contributed by atoms with van der Waals surface area (Å²) in [5.41, 5.74) is 8.00. The van der Waals surface area contributed by atoms with Crippen LogP contribution in [0.15, 0.2) is 53.8 Å². The molecule has 3 rings (SSSR count). The van der Waals surface area contributed by atoms with E-state index in [0.717, 1.165) is 5.56 Å². The third kappa shape index (κ3) is 7.11. The SMILES string of the molecule is CC(C)(C)OC(=O)NCCOc1ccc(-c2c(C#N)c(N)nc(SCc3cccnc3)c2C#N)cc1. The molecule has 0 fully saturated rings. The number of nitrogens with zero attached hydrogens (tertiary/aromatic N) is 4. The van der Waals surface area contributed by atoms with Gasteiger partial charge in [0.15, 0.2) is 0 Å². The van der Waals surface area contributed by atoms with Crippen LogP contribution in [0, 0.1) is 22.7 Å². The molecule has 1 amide bonds. The molecule has 10 heteroatoms. The fourth-order valence-electron chi connectivity index (χ4n) is 3.18. The smallest absolute Gasteiger partial charge is 0.407 e. The molecule has 0 bridgehead atoms. The molecule has 3 N–H and O–H groups in total. The molecule has 2 heterocycles. The second-order valence-corrected chi connectivity index (χ2v) is 9.57. The van der Waals surface area contributed by atoms with Gasteiger partial charge in [0.05, 0.1) is 12.1 Å². The summed E-state index contributed by atoms with van der Waals surface area (Å²) >= 11 is 1.36. The van der Waals surface area contributed by atoms with Crippen molar-refractivity contribution in [2.24, 2.45) is 0 Å². The number of nitrogen functional groups attached to an aromatic ring is 1. The Bertz CT molecular complexity index is 1290. The number of nitrogens with two attached hydrogens (primary N) is 1. The topological polar surface area (TPSA) is 147 Å². The number of nitrogens with one attached hydrogen (secondary N) is 1. The third-order valence-electron chi connectivity index (χ3n) is 4.70. The van der Waals surface area contributed by atoms with E-state index in [1.54, 1.807) is 57.4 Å². The van der Waals surface area contributed by atoms with Gasteiger partial charge in [0.1, 0.15) is 46.5 Å². The van der Waals surface area contributed by atoms with Gasteiger partial charge in [-0.3, -0.25) is 4.98 Å². The number of pyridine rings is 2. The molecule has 0 radical (unpaired) electrons. The largest absolute Gasteiger partial charge is 0.492 e. The van der Waals surface area contributed by atoms with Crippen molar-refractivity contribution in [3.63, 3.8) is 0 Å². The maximum Gasteiger partial charge on any atom is 0.407 e. The predicted molar refractivity (Wildman–Crippen MR) is 137 cm³/mol. The molecular formula is C26H26N6O3S. The fraction of sp³-hybridized carbons (Fsp3) is 0.269. The number of thioether (sulfide) groups is 1. The van der Waals surface area contributed by atoms with E-state index < -0.39 is 11.7 Å². The van der Waals surface area contributed by atoms with Crippen molar-refractivity contribution in [2.45, 2.75) is 37.2 Å². The molecular weight excluding hydrogens is 476 g/mol. The van der Waals surface area contributed by atoms with E-state index in [2.05, 4.69) is 27.4 Å². The Labute approximate surface area is 214 Å². The summed E-state index contributed by atoms with van der Waals surface area (Å²) in [4.78, 5) is 20.1. The lowest BCUT2D eigenvalue weighted by Gasteiger charge is -2.19. The number of benzene rings is 1. The van der Waals surface area contributed by atoms with Gasteiger partial charge in [-0.15, -0.1) is 11.8 Å². The second-order valence-electron chi connectivity index (χ2n) is 8.60. The van der Waals surface area contributed by atoms with Crippen molar-refractivity contribution in [2.75, 3.05) is 18.9 Å². The van der Waals surface area contributed by atoms with Crippen LogP contribution in [0.5, 0.6) is 5.75 Å². The van der Waals surface area contributed by atoms with Crippen LogP contribution in [0.3, 0.4) is 0 Å². The number of amides is 1. The van der Waals surface area contributed by atoms with E-state index in [9.17, 15) is 15.3 Å². The van der Waals surface area contributed by atoms with Crippen molar-refractivity contribution in [3.05, 3.63) is 65.5 Å². The Hall–Kier alpha value is -4.28. The maximum atomic E-state index is 11.7. The predicted octanol–water partition coefficient (Wildman–Crippen LogP) is 4.66. The average Bonchev–Trinajstić information content (AvgIpc) is 2.85. The number of aromatic nitrogens is 2. The Balaban J connectivity index is 1.75. The minimum Gasteiger partial charge on any atom is -0.492 e. The van der Waals surface area contributed by atoms with Crippen molar-refractivity contribution < 1.29 is 14.3 Å². The van der Waals surface area contributed by atoms with Crippen molar-refractivity contribution in [1.82, 2.24) is 15.3 Å². The number of nitriles is 2. The molecule has 0 aliphatic carbocycles. The van der Waals surface area contributed by atoms with Gasteiger partial charge in [0.25, 0.3) is 0 Å². The van der Waals surface area contributed by atoms with Crippen molar-refractivity contribution >= 4 is 23.7 Å². The van der Waals surface area contributed by atoms with Crippen molar-refractivity contribution in [3.8, 4) is 29.0 Å². The third-order valence-corrected chi connectivity index (χ3v) is 5.74. The Morgan fingerprint density at radius 3 is 2.47 bits per heavy atom. The lowest BCUT2D eigenvalue weighted by atomic mass is 9.97. The minimum atomic E-state index is -0.571. The number of ether oxygens (including phenoxy) is 2. The van der Waals surface area contributed by atoms with Gasteiger partial charge in [-0.2, -0.15) is 10.5 Å². The van der Waals surface area contributed by atoms with E-state index in [-0.39, 0.29) is 30.1 Å². The molecule has 0 unspecified atom stereocenters. The first kappa shape index (κ1) is 26.3. The van der Waals surface area contributed by atoms with Crippen LogP contribution in [-0.4, -0.2) is 34.8 Å². The van der Waals surface area contributed by atoms with Crippen LogP contribution in [0.25, 0.3) is 11.1 Å². The van der Waals surface area contributed by atoms with E-state index in [1.165, 1.54) is 11.8 Å². The summed E-state index contributed by atoms with van der Waals surface area (Å²) in [5, 5.41) is 22.7. The molecule has 36 heavy (non-hydrogen) atoms. The summed E-state index contributed by atoms with van der Waals surface area (Å²) < 4.78 is 10.9. The first-order valence-electron chi connectivity index (χ1n) is 11.1. The van der Waals surface area contributed by atoms with Crippen LogP contribution in [0.2, 0.25) is 0 Å². The maximum absolute atomic E-state index is 11.7. The van der Waals surface area contributed by atoms with Gasteiger partial charge in [-0.1, -0.05) is 18.2 Å². The highest BCUT2D eigenvalue weighted by molar-refractivity contribution is 7.98. The highest BCUT2D eigenvalue weighted by Crippen LogP contribution is 2.37. The summed E-state index contributed by atoms with van der Waals surface area (Å²) in [7, 11) is 0. The summed E-state index contributed by atoms with van der Waals surface area (Å²) in [6.07, 6.45) is 2.92. The normalized spacial score (nSPS) is 10.7. The Morgan fingerprint density at radius 2 is 1.86 bits per heavy atom. The molecule has 3 aromatic rings. The first-order valence-corrected chi connectivity index (χ1v) is 12.1. The highest BCUT2D eigenvalue weighted by atomic mass is 32.2. The van der Waals surface area contributed by atoms with Gasteiger partial charge in [-0.05, 0) is 50.1 Å². The summed E-state index contributed by atoms with van der Waals surface area (Å²) in [5.74, 6) is 1.17. The molecule has 184 valence electrons. The molecule has 9 nitrogen and oxygen atoms in total. The second kappa shape index (κ2) is 11.9. The molecule has 1 aromatic carbocycles. The van der Waals surface area contributed by atoms with Crippen LogP contribution in [-0.2, 0) is 10.5 Å². The summed E-state index contributed by atoms with van der Waals surface area (Å²) in [6, 6.07) is 15.0. The van der Waals surface area contributed by atoms with Gasteiger partial charge in [0.2, 0.25) is 0 Å². The fourth-order valence-corrected chi connectivity index (χ4v) is 4.11. The zero-order valence-corrected chi connectivity index (χ0v) is 21.1. The minimum absolute atomic E-state index is 0.0636. The molecule has 0 aliphatic rings. The number of hydrogen-bond acceptors (Lipinski definition) is 9. The van der Waals surface area contributed by atoms with E-state index in [0.29, 0.717) is 27.7 Å². The number of rotatable bonds is 8. The molecule has 0 saturated heterocycles. The Kier molecular flexibility index (Phi) is 8.71. The standard InChI is InChI=1S/C26H26N6O3S/c1-26(2,3)35-25(33)31-11-12-34-19-8-6-18(7-9-19)22-20(13-27)23(29)32-24(21(22)14-28)36-16-17-5-4-10-30-15-17/h4-10,15H,11-12,16H2,1-3H3,(H2,29,32)(H,31,33). The number of anilines is 1. The molecule has 0 spiro atoms. The van der Waals surface area contributed by atoms with Crippen molar-refractivity contribution in [1.29, 1.82) is 10.5 Å². The van der Waals surface area contributed by atoms with E-state index >= 15 is 0 Å². The Morgan fingerprint density at radius 1 is 1.14 bits per heavy atom. The number of alkyl carbamates (subject to hydrolysis) is 1. The van der Waals surface area contributed by atoms with Crippen LogP contribution in [0.1, 0.15) is 37.5 Å². The molecule has 2 aromatic heterocycles.